The van der Waals surface area contributed by atoms with E-state index in [1.165, 1.54) is 10.5 Å². The van der Waals surface area contributed by atoms with Crippen LogP contribution in [-0.4, -0.2) is 20.0 Å². The molecule has 3 heteroatoms. The maximum Gasteiger partial charge on any atom is 0.119 e. The lowest BCUT2D eigenvalue weighted by atomic mass is 9.77. The predicted molar refractivity (Wildman–Crippen MR) is 97.2 cm³/mol. The minimum atomic E-state index is 0.512. The summed E-state index contributed by atoms with van der Waals surface area (Å²) < 4.78 is 10.7. The van der Waals surface area contributed by atoms with Crippen LogP contribution in [0.3, 0.4) is 0 Å². The molecule has 1 heterocycles. The van der Waals surface area contributed by atoms with Crippen LogP contribution in [0.1, 0.15) is 30.7 Å². The molecule has 1 aliphatic carbocycles. The zero-order valence-corrected chi connectivity index (χ0v) is 14.7. The van der Waals surface area contributed by atoms with Crippen molar-refractivity contribution in [3.63, 3.8) is 0 Å². The van der Waals surface area contributed by atoms with Gasteiger partial charge in [0.15, 0.2) is 0 Å². The number of rotatable bonds is 5. The molecule has 0 amide bonds. The molecule has 23 heavy (non-hydrogen) atoms. The molecule has 3 rings (SSSR count). The summed E-state index contributed by atoms with van der Waals surface area (Å²) in [5, 5.41) is 0. The summed E-state index contributed by atoms with van der Waals surface area (Å²) in [6, 6.07) is 6.49. The van der Waals surface area contributed by atoms with E-state index in [-0.39, 0.29) is 0 Å². The van der Waals surface area contributed by atoms with Gasteiger partial charge in [-0.05, 0) is 48.4 Å². The van der Waals surface area contributed by atoms with E-state index in [0.717, 1.165) is 36.5 Å². The molecule has 2 nitrogen and oxygen atoms in total. The molecule has 0 fully saturated rings. The zero-order valence-electron chi connectivity index (χ0n) is 13.9. The average molecular weight is 328 g/mol. The van der Waals surface area contributed by atoms with Gasteiger partial charge in [-0.3, -0.25) is 0 Å². The lowest BCUT2D eigenvalue weighted by Gasteiger charge is -2.35. The van der Waals surface area contributed by atoms with Crippen LogP contribution in [-0.2, 0) is 4.74 Å². The van der Waals surface area contributed by atoms with Gasteiger partial charge in [0.05, 0.1) is 20.0 Å². The third-order valence-electron chi connectivity index (χ3n) is 4.83. The first-order valence-corrected chi connectivity index (χ1v) is 9.10. The van der Waals surface area contributed by atoms with Crippen molar-refractivity contribution in [2.24, 2.45) is 5.92 Å². The number of allylic oxidation sites excluding steroid dienone is 5. The molecule has 1 aromatic rings. The van der Waals surface area contributed by atoms with Crippen LogP contribution >= 0.6 is 11.8 Å². The van der Waals surface area contributed by atoms with Crippen molar-refractivity contribution < 1.29 is 9.47 Å². The van der Waals surface area contributed by atoms with E-state index >= 15 is 0 Å². The van der Waals surface area contributed by atoms with E-state index in [2.05, 4.69) is 43.0 Å². The summed E-state index contributed by atoms with van der Waals surface area (Å²) in [7, 11) is 3.48. The normalized spacial score (nSPS) is 23.4. The van der Waals surface area contributed by atoms with E-state index in [0.29, 0.717) is 11.8 Å². The van der Waals surface area contributed by atoms with Crippen molar-refractivity contribution in [3.05, 3.63) is 59.9 Å². The number of thioether (sulfide) groups is 1. The van der Waals surface area contributed by atoms with Crippen molar-refractivity contribution in [2.45, 2.75) is 30.1 Å². The fourth-order valence-electron chi connectivity index (χ4n) is 3.53. The third kappa shape index (κ3) is 3.35. The van der Waals surface area contributed by atoms with Crippen molar-refractivity contribution in [1.82, 2.24) is 0 Å². The van der Waals surface area contributed by atoms with Gasteiger partial charge in [0, 0.05) is 17.1 Å². The Morgan fingerprint density at radius 3 is 2.74 bits per heavy atom. The van der Waals surface area contributed by atoms with Crippen LogP contribution in [0.15, 0.2) is 59.2 Å². The van der Waals surface area contributed by atoms with Crippen molar-refractivity contribution in [1.29, 1.82) is 0 Å². The van der Waals surface area contributed by atoms with Gasteiger partial charge in [0.2, 0.25) is 0 Å². The van der Waals surface area contributed by atoms with E-state index in [9.17, 15) is 0 Å². The minimum Gasteiger partial charge on any atom is -0.501 e. The lowest BCUT2D eigenvalue weighted by Crippen LogP contribution is -2.23. The molecule has 0 bridgehead atoms. The Morgan fingerprint density at radius 2 is 2.09 bits per heavy atom. The molecular weight excluding hydrogens is 304 g/mol. The van der Waals surface area contributed by atoms with Gasteiger partial charge in [-0.1, -0.05) is 23.8 Å². The number of methoxy groups -OCH3 is 2. The summed E-state index contributed by atoms with van der Waals surface area (Å²) in [5.74, 6) is 4.24. The molecule has 0 radical (unpaired) electrons. The minimum absolute atomic E-state index is 0.512. The van der Waals surface area contributed by atoms with Crippen LogP contribution in [0, 0.1) is 5.92 Å². The molecule has 1 aromatic carbocycles. The summed E-state index contributed by atoms with van der Waals surface area (Å²) in [4.78, 5) is 1.36. The number of hydrogen-bond acceptors (Lipinski definition) is 3. The Balaban J connectivity index is 1.91. The first-order valence-electron chi connectivity index (χ1n) is 8.12. The van der Waals surface area contributed by atoms with Gasteiger partial charge in [-0.15, -0.1) is 18.3 Å². The van der Waals surface area contributed by atoms with Gasteiger partial charge < -0.3 is 9.47 Å². The first kappa shape index (κ1) is 16.3. The molecule has 122 valence electrons. The number of ether oxygens (including phenoxy) is 2. The maximum absolute atomic E-state index is 5.38. The molecule has 0 spiro atoms. The molecule has 2 atom stereocenters. The highest BCUT2D eigenvalue weighted by Gasteiger charge is 2.32. The standard InChI is InChI=1S/C20H24O2S/c1-4-5-17-18-11-10-16(22-3)12-20(18)23-13-19(17)14-6-8-15(21-2)9-7-14/h4,6,8,10-12,17,19H,1,5,7,9,13H2,2-3H3. The van der Waals surface area contributed by atoms with Crippen LogP contribution < -0.4 is 4.74 Å². The fraction of sp³-hybridized carbons (Fsp3) is 0.400. The second kappa shape index (κ2) is 7.31. The topological polar surface area (TPSA) is 18.5 Å². The Labute approximate surface area is 143 Å². The summed E-state index contributed by atoms with van der Waals surface area (Å²) in [6.07, 6.45) is 9.60. The van der Waals surface area contributed by atoms with Crippen molar-refractivity contribution >= 4 is 11.8 Å². The van der Waals surface area contributed by atoms with Gasteiger partial charge in [0.1, 0.15) is 5.75 Å². The number of fused-ring (bicyclic) bond motifs is 1. The van der Waals surface area contributed by atoms with Gasteiger partial charge in [-0.2, -0.15) is 0 Å². The smallest absolute Gasteiger partial charge is 0.119 e. The molecular formula is C20H24O2S. The fourth-order valence-corrected chi connectivity index (χ4v) is 4.93. The highest BCUT2D eigenvalue weighted by atomic mass is 32.2. The Morgan fingerprint density at radius 1 is 1.22 bits per heavy atom. The molecule has 0 aromatic heterocycles. The molecule has 1 aliphatic heterocycles. The van der Waals surface area contributed by atoms with E-state index in [1.54, 1.807) is 19.8 Å². The van der Waals surface area contributed by atoms with Gasteiger partial charge in [-0.25, -0.2) is 0 Å². The zero-order chi connectivity index (χ0) is 16.2. The van der Waals surface area contributed by atoms with E-state index in [1.807, 2.05) is 11.8 Å². The first-order chi connectivity index (χ1) is 11.3. The number of hydrogen-bond donors (Lipinski definition) is 0. The summed E-state index contributed by atoms with van der Waals surface area (Å²) in [6.45, 7) is 3.98. The molecule has 2 aliphatic rings. The summed E-state index contributed by atoms with van der Waals surface area (Å²) in [5.41, 5.74) is 2.99. The van der Waals surface area contributed by atoms with Crippen LogP contribution in [0.4, 0.5) is 0 Å². The van der Waals surface area contributed by atoms with Crippen LogP contribution in [0.5, 0.6) is 5.75 Å². The second-order valence-electron chi connectivity index (χ2n) is 6.03. The predicted octanol–water partition coefficient (Wildman–Crippen LogP) is 5.33. The molecule has 0 saturated heterocycles. The van der Waals surface area contributed by atoms with Gasteiger partial charge in [0.25, 0.3) is 0 Å². The summed E-state index contributed by atoms with van der Waals surface area (Å²) >= 11 is 1.95. The van der Waals surface area contributed by atoms with Crippen LogP contribution in [0.25, 0.3) is 0 Å². The maximum atomic E-state index is 5.38. The van der Waals surface area contributed by atoms with E-state index < -0.39 is 0 Å². The SMILES string of the molecule is C=CCC1c2ccc(OC)cc2SCC1C1=CC=C(OC)CC1. The Kier molecular flexibility index (Phi) is 5.16. The second-order valence-corrected chi connectivity index (χ2v) is 7.09. The van der Waals surface area contributed by atoms with Crippen LogP contribution in [0.2, 0.25) is 0 Å². The van der Waals surface area contributed by atoms with Crippen molar-refractivity contribution in [3.8, 4) is 5.75 Å². The highest BCUT2D eigenvalue weighted by molar-refractivity contribution is 7.99. The quantitative estimate of drug-likeness (QED) is 0.681. The molecule has 0 saturated carbocycles. The largest absolute Gasteiger partial charge is 0.501 e. The average Bonchev–Trinajstić information content (AvgIpc) is 2.62. The third-order valence-corrected chi connectivity index (χ3v) is 6.02. The molecule has 2 unspecified atom stereocenters. The highest BCUT2D eigenvalue weighted by Crippen LogP contribution is 2.48. The Hall–Kier alpha value is -1.61. The van der Waals surface area contributed by atoms with E-state index in [4.69, 9.17) is 9.47 Å². The Bertz CT molecular complexity index is 645. The van der Waals surface area contributed by atoms with Crippen molar-refractivity contribution in [2.75, 3.05) is 20.0 Å². The van der Waals surface area contributed by atoms with Gasteiger partial charge >= 0.3 is 0 Å². The monoisotopic (exact) mass is 328 g/mol. The number of benzene rings is 1. The lowest BCUT2D eigenvalue weighted by molar-refractivity contribution is 0.274. The molecule has 0 N–H and O–H groups in total.